The maximum Gasteiger partial charge on any atom is 0.222 e. The number of benzene rings is 2. The molecule has 5 nitrogen and oxygen atoms in total. The van der Waals surface area contributed by atoms with E-state index >= 15 is 0 Å². The van der Waals surface area contributed by atoms with Gasteiger partial charge in [-0.3, -0.25) is 4.79 Å². The van der Waals surface area contributed by atoms with Crippen molar-refractivity contribution in [2.24, 2.45) is 0 Å². The molecule has 0 saturated heterocycles. The number of fused-ring (bicyclic) bond motifs is 1. The molecular formula is C21H25FN2O3. The van der Waals surface area contributed by atoms with Crippen LogP contribution in [0, 0.1) is 5.82 Å². The Morgan fingerprint density at radius 2 is 2.04 bits per heavy atom. The highest BCUT2D eigenvalue weighted by Crippen LogP contribution is 2.35. The van der Waals surface area contributed by atoms with Gasteiger partial charge in [0.1, 0.15) is 18.2 Å². The number of methoxy groups -OCH3 is 1. The van der Waals surface area contributed by atoms with E-state index in [9.17, 15) is 9.18 Å². The number of anilines is 1. The molecule has 0 spiro atoms. The Morgan fingerprint density at radius 3 is 2.81 bits per heavy atom. The Kier molecular flexibility index (Phi) is 6.65. The minimum atomic E-state index is -0.256. The fourth-order valence-corrected chi connectivity index (χ4v) is 3.19. The summed E-state index contributed by atoms with van der Waals surface area (Å²) in [5, 5.41) is 2.93. The summed E-state index contributed by atoms with van der Waals surface area (Å²) >= 11 is 0. The van der Waals surface area contributed by atoms with Crippen molar-refractivity contribution in [3.8, 4) is 5.75 Å². The number of rotatable bonds is 8. The van der Waals surface area contributed by atoms with E-state index in [1.54, 1.807) is 19.2 Å². The Morgan fingerprint density at radius 1 is 1.26 bits per heavy atom. The minimum Gasteiger partial charge on any atom is -0.489 e. The van der Waals surface area contributed by atoms with Gasteiger partial charge >= 0.3 is 0 Å². The molecule has 6 heteroatoms. The summed E-state index contributed by atoms with van der Waals surface area (Å²) in [6.45, 7) is 2.23. The number of amides is 1. The summed E-state index contributed by atoms with van der Waals surface area (Å²) in [4.78, 5) is 14.5. The van der Waals surface area contributed by atoms with Crippen molar-refractivity contribution in [3.63, 3.8) is 0 Å². The first-order valence-corrected chi connectivity index (χ1v) is 9.16. The molecule has 0 radical (unpaired) electrons. The van der Waals surface area contributed by atoms with Gasteiger partial charge in [-0.05, 0) is 36.2 Å². The second kappa shape index (κ2) is 9.37. The lowest BCUT2D eigenvalue weighted by Crippen LogP contribution is -2.45. The quantitative estimate of drug-likeness (QED) is 0.724. The highest BCUT2D eigenvalue weighted by atomic mass is 19.1. The molecule has 0 aliphatic carbocycles. The van der Waals surface area contributed by atoms with Gasteiger partial charge in [0.05, 0.1) is 18.2 Å². The van der Waals surface area contributed by atoms with Gasteiger partial charge in [0.15, 0.2) is 0 Å². The van der Waals surface area contributed by atoms with Crippen LogP contribution in [0.1, 0.15) is 18.4 Å². The van der Waals surface area contributed by atoms with Gasteiger partial charge in [0.25, 0.3) is 0 Å². The highest BCUT2D eigenvalue weighted by molar-refractivity contribution is 5.77. The largest absolute Gasteiger partial charge is 0.489 e. The first-order chi connectivity index (χ1) is 13.2. The van der Waals surface area contributed by atoms with Crippen LogP contribution in [0.4, 0.5) is 10.1 Å². The van der Waals surface area contributed by atoms with Crippen LogP contribution >= 0.6 is 0 Å². The molecule has 0 saturated carbocycles. The first-order valence-electron chi connectivity index (χ1n) is 9.16. The van der Waals surface area contributed by atoms with Crippen LogP contribution in [0.3, 0.4) is 0 Å². The molecule has 1 aliphatic rings. The number of hydrogen-bond acceptors (Lipinski definition) is 4. The Hall–Kier alpha value is -2.60. The third-order valence-electron chi connectivity index (χ3n) is 4.58. The second-order valence-electron chi connectivity index (χ2n) is 6.59. The van der Waals surface area contributed by atoms with Crippen molar-refractivity contribution in [2.75, 3.05) is 31.8 Å². The third-order valence-corrected chi connectivity index (χ3v) is 4.58. The molecule has 2 aromatic carbocycles. The number of carbonyl (C=O) groups is 1. The maximum absolute atomic E-state index is 13.2. The van der Waals surface area contributed by atoms with Crippen molar-refractivity contribution in [2.45, 2.75) is 25.4 Å². The summed E-state index contributed by atoms with van der Waals surface area (Å²) < 4.78 is 24.1. The molecule has 0 unspecified atom stereocenters. The van der Waals surface area contributed by atoms with Crippen LogP contribution in [0.25, 0.3) is 0 Å². The SMILES string of the molecule is COCCCNC(=O)C[C@@H]1COc2ccccc2N1Cc1ccc(F)cc1. The number of nitrogens with zero attached hydrogens (tertiary/aromatic N) is 1. The number of halogens is 1. The number of nitrogens with one attached hydrogen (secondary N) is 1. The first kappa shape index (κ1) is 19.2. The van der Waals surface area contributed by atoms with Crippen molar-refractivity contribution in [1.29, 1.82) is 0 Å². The van der Waals surface area contributed by atoms with Crippen LogP contribution in [0.5, 0.6) is 5.75 Å². The van der Waals surface area contributed by atoms with Gasteiger partial charge in [-0.25, -0.2) is 4.39 Å². The summed E-state index contributed by atoms with van der Waals surface area (Å²) in [6.07, 6.45) is 1.12. The summed E-state index contributed by atoms with van der Waals surface area (Å²) in [6, 6.07) is 14.2. The normalized spacial score (nSPS) is 15.8. The average Bonchev–Trinajstić information content (AvgIpc) is 2.68. The molecule has 1 N–H and O–H groups in total. The molecule has 1 amide bonds. The zero-order valence-corrected chi connectivity index (χ0v) is 15.5. The Labute approximate surface area is 159 Å². The second-order valence-corrected chi connectivity index (χ2v) is 6.59. The number of carbonyl (C=O) groups excluding carboxylic acids is 1. The van der Waals surface area contributed by atoms with Crippen LogP contribution < -0.4 is 15.0 Å². The van der Waals surface area contributed by atoms with Gasteiger partial charge in [-0.1, -0.05) is 24.3 Å². The smallest absolute Gasteiger partial charge is 0.222 e. The zero-order chi connectivity index (χ0) is 19.1. The molecule has 27 heavy (non-hydrogen) atoms. The van der Waals surface area contributed by atoms with E-state index in [1.807, 2.05) is 24.3 Å². The Balaban J connectivity index is 1.71. The molecule has 1 aliphatic heterocycles. The standard InChI is InChI=1S/C21H25FN2O3/c1-26-12-4-11-23-21(25)13-18-15-27-20-6-3-2-5-19(20)24(18)14-16-7-9-17(22)10-8-16/h2-3,5-10,18H,4,11-15H2,1H3,(H,23,25)/t18-/m1/s1. The van der Waals surface area contributed by atoms with Gasteiger partial charge in [-0.15, -0.1) is 0 Å². The van der Waals surface area contributed by atoms with E-state index in [2.05, 4.69) is 10.2 Å². The number of hydrogen-bond donors (Lipinski definition) is 1. The summed E-state index contributed by atoms with van der Waals surface area (Å²) in [7, 11) is 1.64. The minimum absolute atomic E-state index is 0.0109. The molecule has 2 aromatic rings. The zero-order valence-electron chi connectivity index (χ0n) is 15.5. The summed E-state index contributed by atoms with van der Waals surface area (Å²) in [5.74, 6) is 0.535. The average molecular weight is 372 g/mol. The lowest BCUT2D eigenvalue weighted by Gasteiger charge is -2.38. The van der Waals surface area contributed by atoms with Crippen molar-refractivity contribution in [3.05, 3.63) is 59.9 Å². The van der Waals surface area contributed by atoms with Crippen LogP contribution in [-0.2, 0) is 16.1 Å². The van der Waals surface area contributed by atoms with E-state index < -0.39 is 0 Å². The van der Waals surface area contributed by atoms with Gasteiger partial charge < -0.3 is 19.7 Å². The van der Waals surface area contributed by atoms with Crippen LogP contribution in [0.15, 0.2) is 48.5 Å². The van der Waals surface area contributed by atoms with E-state index in [0.29, 0.717) is 32.7 Å². The number of ether oxygens (including phenoxy) is 2. The topological polar surface area (TPSA) is 50.8 Å². The van der Waals surface area contributed by atoms with Crippen molar-refractivity contribution in [1.82, 2.24) is 5.32 Å². The molecule has 144 valence electrons. The molecule has 1 heterocycles. The van der Waals surface area contributed by atoms with Crippen molar-refractivity contribution < 1.29 is 18.7 Å². The van der Waals surface area contributed by atoms with E-state index in [4.69, 9.17) is 9.47 Å². The van der Waals surface area contributed by atoms with E-state index in [-0.39, 0.29) is 17.8 Å². The molecule has 0 bridgehead atoms. The van der Waals surface area contributed by atoms with E-state index in [1.165, 1.54) is 12.1 Å². The summed E-state index contributed by atoms with van der Waals surface area (Å²) in [5.41, 5.74) is 1.93. The third kappa shape index (κ3) is 5.20. The predicted octanol–water partition coefficient (Wildman–Crippen LogP) is 3.14. The molecule has 0 fully saturated rings. The lowest BCUT2D eigenvalue weighted by molar-refractivity contribution is -0.121. The van der Waals surface area contributed by atoms with Gasteiger partial charge in [0.2, 0.25) is 5.91 Å². The Bertz CT molecular complexity index is 751. The van der Waals surface area contributed by atoms with Crippen molar-refractivity contribution >= 4 is 11.6 Å². The maximum atomic E-state index is 13.2. The fraction of sp³-hybridized carbons (Fsp3) is 0.381. The van der Waals surface area contributed by atoms with Crippen LogP contribution in [-0.4, -0.2) is 38.8 Å². The van der Waals surface area contributed by atoms with E-state index in [0.717, 1.165) is 23.4 Å². The monoisotopic (exact) mass is 372 g/mol. The molecular weight excluding hydrogens is 347 g/mol. The highest BCUT2D eigenvalue weighted by Gasteiger charge is 2.29. The molecule has 3 rings (SSSR count). The van der Waals surface area contributed by atoms with Gasteiger partial charge in [0, 0.05) is 26.8 Å². The predicted molar refractivity (Wildman–Crippen MR) is 102 cm³/mol. The van der Waals surface area contributed by atoms with Crippen LogP contribution in [0.2, 0.25) is 0 Å². The molecule has 0 aromatic heterocycles. The molecule has 1 atom stereocenters. The van der Waals surface area contributed by atoms with Gasteiger partial charge in [-0.2, -0.15) is 0 Å². The lowest BCUT2D eigenvalue weighted by atomic mass is 10.1. The fourth-order valence-electron chi connectivity index (χ4n) is 3.19. The number of para-hydroxylation sites is 2.